The molecular formula is C27H56. The second-order valence-corrected chi connectivity index (χ2v) is 7.68. The molecule has 0 radical (unpaired) electrons. The number of hydrogen-bond donors (Lipinski definition) is 0. The van der Waals surface area contributed by atoms with E-state index in [4.69, 9.17) is 0 Å². The first kappa shape index (κ1) is 36.8. The molecule has 0 bridgehead atoms. The normalized spacial score (nSPS) is 8.67. The molecule has 0 aromatic carbocycles. The minimum absolute atomic E-state index is 0.583. The van der Waals surface area contributed by atoms with E-state index in [1.165, 1.54) is 51.4 Å². The Morgan fingerprint density at radius 2 is 0.815 bits per heavy atom. The van der Waals surface area contributed by atoms with Crippen LogP contribution in [-0.4, -0.2) is 0 Å². The summed E-state index contributed by atoms with van der Waals surface area (Å²) < 4.78 is 0. The van der Waals surface area contributed by atoms with Gasteiger partial charge in [0.25, 0.3) is 0 Å². The lowest BCUT2D eigenvalue weighted by Gasteiger charge is -2.18. The zero-order chi connectivity index (χ0) is 22.7. The van der Waals surface area contributed by atoms with Crippen LogP contribution in [-0.2, 0) is 0 Å². The maximum absolute atomic E-state index is 3.56. The van der Waals surface area contributed by atoms with Gasteiger partial charge < -0.3 is 0 Å². The second kappa shape index (κ2) is 32.6. The highest BCUT2D eigenvalue weighted by Gasteiger charge is 2.09. The Hall–Kier alpha value is -1.04. The highest BCUT2D eigenvalue weighted by atomic mass is 14.1. The van der Waals surface area contributed by atoms with Gasteiger partial charge in [-0.05, 0) is 19.3 Å². The molecular weight excluding hydrogens is 324 g/mol. The molecule has 0 aliphatic heterocycles. The minimum atomic E-state index is 0.583. The summed E-state index contributed by atoms with van der Waals surface area (Å²) in [7, 11) is 0. The van der Waals surface area contributed by atoms with Gasteiger partial charge >= 0.3 is 0 Å². The van der Waals surface area contributed by atoms with E-state index in [1.54, 1.807) is 12.2 Å². The van der Waals surface area contributed by atoms with Crippen molar-refractivity contribution in [3.05, 3.63) is 49.6 Å². The maximum Gasteiger partial charge on any atom is -0.0359 e. The zero-order valence-corrected chi connectivity index (χ0v) is 21.1. The highest BCUT2D eigenvalue weighted by Crippen LogP contribution is 2.22. The van der Waals surface area contributed by atoms with E-state index in [9.17, 15) is 0 Å². The number of unbranched alkanes of at least 4 members (excludes halogenated alkanes) is 4. The SMILES string of the molecule is C=CC(=C)C.C=CC(=C)C.CCC(C)(C)CC.CCCCC.CCCCC. The molecule has 27 heavy (non-hydrogen) atoms. The van der Waals surface area contributed by atoms with Crippen molar-refractivity contribution in [2.75, 3.05) is 0 Å². The molecule has 0 N–H and O–H groups in total. The lowest BCUT2D eigenvalue weighted by Crippen LogP contribution is -2.05. The van der Waals surface area contributed by atoms with Crippen molar-refractivity contribution >= 4 is 0 Å². The van der Waals surface area contributed by atoms with E-state index in [2.05, 4.69) is 81.7 Å². The Kier molecular flexibility index (Phi) is 44.5. The van der Waals surface area contributed by atoms with E-state index >= 15 is 0 Å². The van der Waals surface area contributed by atoms with Gasteiger partial charge in [0.05, 0.1) is 0 Å². The van der Waals surface area contributed by atoms with Crippen LogP contribution in [0, 0.1) is 5.41 Å². The summed E-state index contributed by atoms with van der Waals surface area (Å²) in [5.74, 6) is 0. The first-order chi connectivity index (χ1) is 12.5. The van der Waals surface area contributed by atoms with E-state index in [0.29, 0.717) is 5.41 Å². The van der Waals surface area contributed by atoms with Crippen molar-refractivity contribution in [2.45, 2.75) is 121 Å². The average Bonchev–Trinajstić information content (AvgIpc) is 2.65. The summed E-state index contributed by atoms with van der Waals surface area (Å²) in [6.45, 7) is 35.8. The van der Waals surface area contributed by atoms with Crippen LogP contribution in [0.1, 0.15) is 121 Å². The molecule has 0 aromatic rings. The zero-order valence-electron chi connectivity index (χ0n) is 21.1. The highest BCUT2D eigenvalue weighted by molar-refractivity contribution is 5.06. The van der Waals surface area contributed by atoms with Crippen molar-refractivity contribution < 1.29 is 0 Å². The maximum atomic E-state index is 3.56. The van der Waals surface area contributed by atoms with Gasteiger partial charge in [0, 0.05) is 0 Å². The van der Waals surface area contributed by atoms with Crippen LogP contribution in [0.4, 0.5) is 0 Å². The molecule has 0 aliphatic carbocycles. The van der Waals surface area contributed by atoms with Gasteiger partial charge in [-0.15, -0.1) is 0 Å². The Labute approximate surface area is 175 Å². The molecule has 0 atom stereocenters. The third-order valence-electron chi connectivity index (χ3n) is 4.03. The Morgan fingerprint density at radius 3 is 0.815 bits per heavy atom. The molecule has 0 spiro atoms. The van der Waals surface area contributed by atoms with Gasteiger partial charge in [0.15, 0.2) is 0 Å². The lowest BCUT2D eigenvalue weighted by atomic mass is 9.88. The molecule has 0 aromatic heterocycles. The minimum Gasteiger partial charge on any atom is -0.0988 e. The Morgan fingerprint density at radius 1 is 0.630 bits per heavy atom. The van der Waals surface area contributed by atoms with Gasteiger partial charge in [-0.3, -0.25) is 0 Å². The molecule has 0 amide bonds. The van der Waals surface area contributed by atoms with Crippen LogP contribution in [0.15, 0.2) is 49.6 Å². The van der Waals surface area contributed by atoms with E-state index in [1.807, 2.05) is 13.8 Å². The molecule has 0 fully saturated rings. The first-order valence-electron chi connectivity index (χ1n) is 11.1. The molecule has 0 heteroatoms. The van der Waals surface area contributed by atoms with Crippen molar-refractivity contribution in [1.29, 1.82) is 0 Å². The number of allylic oxidation sites excluding steroid dienone is 4. The summed E-state index contributed by atoms with van der Waals surface area (Å²) in [6.07, 6.45) is 14.2. The summed E-state index contributed by atoms with van der Waals surface area (Å²) in [4.78, 5) is 0. The molecule has 0 unspecified atom stereocenters. The van der Waals surface area contributed by atoms with Crippen LogP contribution in [0.5, 0.6) is 0 Å². The molecule has 0 rings (SSSR count). The number of rotatable bonds is 8. The fourth-order valence-electron chi connectivity index (χ4n) is 0.957. The smallest absolute Gasteiger partial charge is 0.0359 e. The Bertz CT molecular complexity index is 270. The summed E-state index contributed by atoms with van der Waals surface area (Å²) in [6, 6.07) is 0. The first-order valence-corrected chi connectivity index (χ1v) is 11.1. The fourth-order valence-corrected chi connectivity index (χ4v) is 0.957. The molecule has 164 valence electrons. The van der Waals surface area contributed by atoms with Crippen LogP contribution in [0.3, 0.4) is 0 Å². The fraction of sp³-hybridized carbons (Fsp3) is 0.704. The molecule has 0 heterocycles. The van der Waals surface area contributed by atoms with Gasteiger partial charge in [-0.25, -0.2) is 0 Å². The largest absolute Gasteiger partial charge is 0.0988 e. The van der Waals surface area contributed by atoms with Gasteiger partial charge in [0.2, 0.25) is 0 Å². The van der Waals surface area contributed by atoms with Crippen molar-refractivity contribution in [1.82, 2.24) is 0 Å². The van der Waals surface area contributed by atoms with E-state index in [0.717, 1.165) is 11.1 Å². The van der Waals surface area contributed by atoms with Gasteiger partial charge in [-0.2, -0.15) is 0 Å². The lowest BCUT2D eigenvalue weighted by molar-refractivity contribution is 0.338. The summed E-state index contributed by atoms with van der Waals surface area (Å²) in [5, 5.41) is 0. The van der Waals surface area contributed by atoms with Crippen LogP contribution in [0.25, 0.3) is 0 Å². The van der Waals surface area contributed by atoms with Crippen LogP contribution < -0.4 is 0 Å². The third kappa shape index (κ3) is 78.3. The number of hydrogen-bond acceptors (Lipinski definition) is 0. The average molecular weight is 381 g/mol. The molecule has 0 nitrogen and oxygen atoms in total. The van der Waals surface area contributed by atoms with Crippen molar-refractivity contribution in [2.24, 2.45) is 5.41 Å². The van der Waals surface area contributed by atoms with E-state index in [-0.39, 0.29) is 0 Å². The van der Waals surface area contributed by atoms with Gasteiger partial charge in [-0.1, -0.05) is 156 Å². The summed E-state index contributed by atoms with van der Waals surface area (Å²) >= 11 is 0. The second-order valence-electron chi connectivity index (χ2n) is 7.68. The standard InChI is InChI=1S/C7H16.2C5H8.2C5H12/c1-5-7(3,4)6-2;2*1-4-5(2)3;2*1-3-5-4-2/h5-6H2,1-4H3;2*4H,1-2H2,3H3;2*3-5H2,1-2H3. The molecule has 0 saturated heterocycles. The summed E-state index contributed by atoms with van der Waals surface area (Å²) in [5.41, 5.74) is 2.62. The topological polar surface area (TPSA) is 0 Å². The predicted octanol–water partition coefficient (Wildman–Crippen LogP) is 10.7. The van der Waals surface area contributed by atoms with Gasteiger partial charge in [0.1, 0.15) is 0 Å². The quantitative estimate of drug-likeness (QED) is 0.367. The predicted molar refractivity (Wildman–Crippen MR) is 135 cm³/mol. The monoisotopic (exact) mass is 380 g/mol. The Balaban J connectivity index is -0.0000000753. The van der Waals surface area contributed by atoms with Crippen LogP contribution in [0.2, 0.25) is 0 Å². The third-order valence-corrected chi connectivity index (χ3v) is 4.03. The van der Waals surface area contributed by atoms with Crippen LogP contribution >= 0.6 is 0 Å². The van der Waals surface area contributed by atoms with Crippen molar-refractivity contribution in [3.8, 4) is 0 Å². The molecule has 0 aliphatic rings. The molecule has 0 saturated carbocycles. The van der Waals surface area contributed by atoms with E-state index < -0.39 is 0 Å². The van der Waals surface area contributed by atoms with Crippen molar-refractivity contribution in [3.63, 3.8) is 0 Å².